The van der Waals surface area contributed by atoms with E-state index in [2.05, 4.69) is 50.5 Å². The highest BCUT2D eigenvalue weighted by Gasteiger charge is 2.32. The Morgan fingerprint density at radius 3 is 2.75 bits per heavy atom. The molecule has 1 saturated carbocycles. The molecule has 1 aliphatic heterocycles. The fourth-order valence-corrected chi connectivity index (χ4v) is 5.42. The van der Waals surface area contributed by atoms with Crippen molar-refractivity contribution >= 4 is 33.3 Å². The fourth-order valence-electron chi connectivity index (χ4n) is 4.42. The molecule has 0 spiro atoms. The Labute approximate surface area is 168 Å². The van der Waals surface area contributed by atoms with Gasteiger partial charge in [-0.2, -0.15) is 0 Å². The third-order valence-electron chi connectivity index (χ3n) is 5.93. The van der Waals surface area contributed by atoms with E-state index < -0.39 is 0 Å². The van der Waals surface area contributed by atoms with Crippen molar-refractivity contribution in [2.24, 2.45) is 5.92 Å². The van der Waals surface area contributed by atoms with Crippen LogP contribution in [0.15, 0.2) is 42.7 Å². The predicted molar refractivity (Wildman–Crippen MR) is 113 cm³/mol. The Bertz CT molecular complexity index is 981. The lowest BCUT2D eigenvalue weighted by molar-refractivity contribution is -0.134. The molecule has 1 atom stereocenters. The summed E-state index contributed by atoms with van der Waals surface area (Å²) < 4.78 is 0. The van der Waals surface area contributed by atoms with E-state index in [0.29, 0.717) is 5.91 Å². The van der Waals surface area contributed by atoms with Gasteiger partial charge in [0, 0.05) is 29.9 Å². The molecular weight excluding hydrogens is 368 g/mol. The minimum atomic E-state index is 0.253. The molecule has 1 N–H and O–H groups in total. The van der Waals surface area contributed by atoms with Gasteiger partial charge in [0.15, 0.2) is 0 Å². The molecule has 5 nitrogen and oxygen atoms in total. The van der Waals surface area contributed by atoms with Crippen LogP contribution in [-0.4, -0.2) is 39.9 Å². The summed E-state index contributed by atoms with van der Waals surface area (Å²) in [5, 5.41) is 4.65. The molecule has 1 amide bonds. The standard InChI is InChI=1S/C22H24N4OS/c27-22(16-8-4-5-9-16)26-11-10-17(13-26)25-20-18-12-19(15-6-2-1-3-7-15)28-21(18)24-14-23-20/h1-3,6-7,12,14,16-17H,4-5,8-11,13H2,(H,23,24,25). The van der Waals surface area contributed by atoms with Crippen molar-refractivity contribution in [3.8, 4) is 10.4 Å². The van der Waals surface area contributed by atoms with Crippen molar-refractivity contribution in [2.45, 2.75) is 38.1 Å². The molecule has 5 rings (SSSR count). The van der Waals surface area contributed by atoms with Gasteiger partial charge in [-0.25, -0.2) is 9.97 Å². The summed E-state index contributed by atoms with van der Waals surface area (Å²) in [6.45, 7) is 1.62. The van der Waals surface area contributed by atoms with Gasteiger partial charge in [-0.3, -0.25) is 4.79 Å². The zero-order chi connectivity index (χ0) is 18.9. The lowest BCUT2D eigenvalue weighted by Crippen LogP contribution is -2.35. The average molecular weight is 393 g/mol. The summed E-state index contributed by atoms with van der Waals surface area (Å²) in [5.41, 5.74) is 1.20. The van der Waals surface area contributed by atoms with Crippen molar-refractivity contribution in [1.82, 2.24) is 14.9 Å². The highest BCUT2D eigenvalue weighted by Crippen LogP contribution is 2.35. The van der Waals surface area contributed by atoms with Crippen LogP contribution in [0, 0.1) is 5.92 Å². The second-order valence-corrected chi connectivity index (χ2v) is 8.84. The number of rotatable bonds is 4. The van der Waals surface area contributed by atoms with Crippen LogP contribution in [0.25, 0.3) is 20.7 Å². The van der Waals surface area contributed by atoms with Gasteiger partial charge in [-0.05, 0) is 30.9 Å². The Morgan fingerprint density at radius 1 is 1.11 bits per heavy atom. The van der Waals surface area contributed by atoms with E-state index in [9.17, 15) is 4.79 Å². The molecule has 1 unspecified atom stereocenters. The van der Waals surface area contributed by atoms with Crippen LogP contribution in [0.5, 0.6) is 0 Å². The van der Waals surface area contributed by atoms with E-state index in [1.54, 1.807) is 17.7 Å². The summed E-state index contributed by atoms with van der Waals surface area (Å²) in [5.74, 6) is 1.50. The normalized spacial score (nSPS) is 20.1. The number of thiophene rings is 1. The first-order valence-electron chi connectivity index (χ1n) is 10.1. The predicted octanol–water partition coefficient (Wildman–Crippen LogP) is 4.56. The third-order valence-corrected chi connectivity index (χ3v) is 7.03. The first-order valence-corrected chi connectivity index (χ1v) is 10.9. The Balaban J connectivity index is 1.33. The quantitative estimate of drug-likeness (QED) is 0.707. The largest absolute Gasteiger partial charge is 0.365 e. The molecule has 1 aromatic carbocycles. The molecule has 1 aliphatic carbocycles. The lowest BCUT2D eigenvalue weighted by atomic mass is 10.1. The van der Waals surface area contributed by atoms with E-state index >= 15 is 0 Å². The first-order chi connectivity index (χ1) is 13.8. The Kier molecular flexibility index (Phi) is 4.72. The molecule has 0 radical (unpaired) electrons. The first kappa shape index (κ1) is 17.6. The summed E-state index contributed by atoms with van der Waals surface area (Å²) in [6.07, 6.45) is 7.14. The molecular formula is C22H24N4OS. The second-order valence-electron chi connectivity index (χ2n) is 7.81. The second kappa shape index (κ2) is 7.51. The minimum absolute atomic E-state index is 0.253. The molecule has 3 heterocycles. The number of amides is 1. The van der Waals surface area contributed by atoms with Crippen LogP contribution in [0.3, 0.4) is 0 Å². The van der Waals surface area contributed by atoms with Crippen LogP contribution < -0.4 is 5.32 Å². The van der Waals surface area contributed by atoms with Crippen LogP contribution in [-0.2, 0) is 4.79 Å². The average Bonchev–Trinajstić information content (AvgIpc) is 3.48. The number of benzene rings is 1. The topological polar surface area (TPSA) is 58.1 Å². The number of nitrogens with zero attached hydrogens (tertiary/aromatic N) is 3. The van der Waals surface area contributed by atoms with E-state index in [-0.39, 0.29) is 12.0 Å². The number of fused-ring (bicyclic) bond motifs is 1. The fraction of sp³-hybridized carbons (Fsp3) is 0.409. The maximum Gasteiger partial charge on any atom is 0.225 e. The van der Waals surface area contributed by atoms with Gasteiger partial charge in [0.25, 0.3) is 0 Å². The minimum Gasteiger partial charge on any atom is -0.365 e. The smallest absolute Gasteiger partial charge is 0.225 e. The number of aromatic nitrogens is 2. The number of nitrogens with one attached hydrogen (secondary N) is 1. The van der Waals surface area contributed by atoms with E-state index in [1.807, 2.05) is 6.07 Å². The van der Waals surface area contributed by atoms with Gasteiger partial charge >= 0.3 is 0 Å². The Hall–Kier alpha value is -2.47. The molecule has 2 aliphatic rings. The van der Waals surface area contributed by atoms with Gasteiger partial charge < -0.3 is 10.2 Å². The summed E-state index contributed by atoms with van der Waals surface area (Å²) in [7, 11) is 0. The number of hydrogen-bond acceptors (Lipinski definition) is 5. The molecule has 2 fully saturated rings. The van der Waals surface area contributed by atoms with E-state index in [1.165, 1.54) is 23.3 Å². The van der Waals surface area contributed by atoms with Crippen molar-refractivity contribution in [1.29, 1.82) is 0 Å². The van der Waals surface area contributed by atoms with Crippen LogP contribution >= 0.6 is 11.3 Å². The van der Waals surface area contributed by atoms with Crippen molar-refractivity contribution in [3.63, 3.8) is 0 Å². The lowest BCUT2D eigenvalue weighted by Gasteiger charge is -2.21. The maximum absolute atomic E-state index is 12.7. The van der Waals surface area contributed by atoms with Gasteiger partial charge in [0.2, 0.25) is 5.91 Å². The van der Waals surface area contributed by atoms with Gasteiger partial charge in [0.1, 0.15) is 17.0 Å². The van der Waals surface area contributed by atoms with E-state index in [0.717, 1.165) is 48.4 Å². The molecule has 1 saturated heterocycles. The zero-order valence-corrected chi connectivity index (χ0v) is 16.6. The van der Waals surface area contributed by atoms with Gasteiger partial charge in [-0.15, -0.1) is 11.3 Å². The Morgan fingerprint density at radius 2 is 1.93 bits per heavy atom. The highest BCUT2D eigenvalue weighted by atomic mass is 32.1. The summed E-state index contributed by atoms with van der Waals surface area (Å²) >= 11 is 1.69. The highest BCUT2D eigenvalue weighted by molar-refractivity contribution is 7.21. The van der Waals surface area contributed by atoms with Crippen LogP contribution in [0.1, 0.15) is 32.1 Å². The number of likely N-dealkylation sites (tertiary alicyclic amines) is 1. The zero-order valence-electron chi connectivity index (χ0n) is 15.8. The molecule has 6 heteroatoms. The number of carbonyl (C=O) groups is 1. The molecule has 28 heavy (non-hydrogen) atoms. The van der Waals surface area contributed by atoms with E-state index in [4.69, 9.17) is 0 Å². The summed E-state index contributed by atoms with van der Waals surface area (Å²) in [4.78, 5) is 25.9. The number of anilines is 1. The van der Waals surface area contributed by atoms with Crippen molar-refractivity contribution < 1.29 is 4.79 Å². The van der Waals surface area contributed by atoms with Crippen molar-refractivity contribution in [3.05, 3.63) is 42.7 Å². The molecule has 2 aromatic heterocycles. The molecule has 144 valence electrons. The monoisotopic (exact) mass is 392 g/mol. The maximum atomic E-state index is 12.7. The van der Waals surface area contributed by atoms with Crippen LogP contribution in [0.2, 0.25) is 0 Å². The van der Waals surface area contributed by atoms with Crippen LogP contribution in [0.4, 0.5) is 5.82 Å². The van der Waals surface area contributed by atoms with Gasteiger partial charge in [0.05, 0.1) is 5.39 Å². The SMILES string of the molecule is O=C(C1CCCC1)N1CCC(Nc2ncnc3sc(-c4ccccc4)cc23)C1. The molecule has 0 bridgehead atoms. The number of carbonyl (C=O) groups excluding carboxylic acids is 1. The molecule has 3 aromatic rings. The summed E-state index contributed by atoms with van der Waals surface area (Å²) in [6, 6.07) is 12.8. The van der Waals surface area contributed by atoms with Gasteiger partial charge in [-0.1, -0.05) is 43.2 Å². The number of hydrogen-bond donors (Lipinski definition) is 1. The third kappa shape index (κ3) is 3.37. The van der Waals surface area contributed by atoms with Crippen molar-refractivity contribution in [2.75, 3.05) is 18.4 Å².